The first kappa shape index (κ1) is 22.9. The normalized spacial score (nSPS) is 11.8. The second-order valence-electron chi connectivity index (χ2n) is 10.3. The Morgan fingerprint density at radius 2 is 1.49 bits per heavy atom. The zero-order valence-electron chi connectivity index (χ0n) is 20.9. The van der Waals surface area contributed by atoms with Crippen LogP contribution in [0.15, 0.2) is 88.1 Å². The van der Waals surface area contributed by atoms with E-state index in [1.54, 1.807) is 0 Å². The van der Waals surface area contributed by atoms with Crippen LogP contribution in [0.25, 0.3) is 33.1 Å². The Balaban J connectivity index is 1.65. The maximum atomic E-state index is 13.7. The molecule has 3 heteroatoms. The molecule has 1 aromatic heterocycles. The fourth-order valence-corrected chi connectivity index (χ4v) is 4.44. The minimum atomic E-state index is -0.149. The van der Waals surface area contributed by atoms with Crippen LogP contribution >= 0.6 is 0 Å². The van der Waals surface area contributed by atoms with E-state index in [2.05, 4.69) is 51.1 Å². The van der Waals surface area contributed by atoms with Gasteiger partial charge < -0.3 is 9.15 Å². The average molecular weight is 463 g/mol. The first-order valence-electron chi connectivity index (χ1n) is 12.0. The van der Waals surface area contributed by atoms with Crippen molar-refractivity contribution >= 4 is 21.7 Å². The highest BCUT2D eigenvalue weighted by atomic mass is 16.5. The fourth-order valence-electron chi connectivity index (χ4n) is 4.44. The molecule has 0 bridgehead atoms. The van der Waals surface area contributed by atoms with Crippen LogP contribution in [0.3, 0.4) is 0 Å². The van der Waals surface area contributed by atoms with Crippen molar-refractivity contribution in [1.29, 1.82) is 0 Å². The Bertz CT molecular complexity index is 1590. The van der Waals surface area contributed by atoms with Crippen LogP contribution in [0.1, 0.15) is 43.0 Å². The summed E-state index contributed by atoms with van der Waals surface area (Å²) in [5, 5.41) is 2.79. The molecule has 0 unspecified atom stereocenters. The molecule has 5 rings (SSSR count). The lowest BCUT2D eigenvalue weighted by Gasteiger charge is -2.19. The van der Waals surface area contributed by atoms with Gasteiger partial charge in [0, 0.05) is 5.56 Å². The number of ether oxygens (including phenoxy) is 1. The lowest BCUT2D eigenvalue weighted by Crippen LogP contribution is -2.12. The first-order chi connectivity index (χ1) is 16.7. The van der Waals surface area contributed by atoms with Gasteiger partial charge in [0.05, 0.1) is 5.39 Å². The van der Waals surface area contributed by atoms with E-state index in [1.165, 1.54) is 5.56 Å². The number of rotatable bonds is 4. The van der Waals surface area contributed by atoms with E-state index in [-0.39, 0.29) is 23.2 Å². The highest BCUT2D eigenvalue weighted by Crippen LogP contribution is 2.34. The van der Waals surface area contributed by atoms with Crippen molar-refractivity contribution in [2.24, 2.45) is 0 Å². The third-order valence-electron chi connectivity index (χ3n) is 6.73. The monoisotopic (exact) mass is 462 g/mol. The molecule has 0 atom stereocenters. The second-order valence-corrected chi connectivity index (χ2v) is 10.3. The van der Waals surface area contributed by atoms with Gasteiger partial charge in [-0.25, -0.2) is 0 Å². The minimum absolute atomic E-state index is 0.0328. The number of hydrogen-bond donors (Lipinski definition) is 0. The Morgan fingerprint density at radius 3 is 2.23 bits per heavy atom. The molecular formula is C32H30O3. The Morgan fingerprint density at radius 1 is 0.800 bits per heavy atom. The number of fused-ring (bicyclic) bond motifs is 2. The van der Waals surface area contributed by atoms with Gasteiger partial charge >= 0.3 is 0 Å². The number of benzene rings is 4. The molecule has 0 saturated heterocycles. The van der Waals surface area contributed by atoms with Crippen LogP contribution in [0, 0.1) is 13.8 Å². The van der Waals surface area contributed by atoms with E-state index in [1.807, 2.05) is 62.4 Å². The van der Waals surface area contributed by atoms with Crippen LogP contribution in [-0.4, -0.2) is 0 Å². The Labute approximate surface area is 206 Å². The van der Waals surface area contributed by atoms with Gasteiger partial charge in [0.25, 0.3) is 0 Å². The van der Waals surface area contributed by atoms with Crippen LogP contribution in [-0.2, 0) is 12.0 Å². The molecule has 0 fully saturated rings. The molecule has 0 amide bonds. The smallest absolute Gasteiger partial charge is 0.235 e. The van der Waals surface area contributed by atoms with E-state index >= 15 is 0 Å². The highest BCUT2D eigenvalue weighted by molar-refractivity contribution is 5.86. The lowest BCUT2D eigenvalue weighted by molar-refractivity contribution is 0.299. The molecule has 3 nitrogen and oxygen atoms in total. The molecular weight excluding hydrogens is 432 g/mol. The van der Waals surface area contributed by atoms with Gasteiger partial charge in [-0.2, -0.15) is 0 Å². The lowest BCUT2D eigenvalue weighted by atomic mass is 9.86. The van der Waals surface area contributed by atoms with Gasteiger partial charge in [0.1, 0.15) is 12.2 Å². The summed E-state index contributed by atoms with van der Waals surface area (Å²) in [6, 6.07) is 26.4. The van der Waals surface area contributed by atoms with E-state index in [0.29, 0.717) is 16.7 Å². The highest BCUT2D eigenvalue weighted by Gasteiger charge is 2.20. The minimum Gasteiger partial charge on any atom is -0.481 e. The summed E-state index contributed by atoms with van der Waals surface area (Å²) in [5.41, 5.74) is 5.65. The van der Waals surface area contributed by atoms with E-state index in [9.17, 15) is 4.79 Å². The van der Waals surface area contributed by atoms with Gasteiger partial charge in [-0.3, -0.25) is 4.79 Å². The topological polar surface area (TPSA) is 39.4 Å². The Hall–Kier alpha value is -3.85. The van der Waals surface area contributed by atoms with Gasteiger partial charge in [0.15, 0.2) is 5.76 Å². The van der Waals surface area contributed by atoms with Crippen molar-refractivity contribution in [3.63, 3.8) is 0 Å². The number of hydrogen-bond acceptors (Lipinski definition) is 3. The van der Waals surface area contributed by atoms with Gasteiger partial charge in [-0.15, -0.1) is 0 Å². The van der Waals surface area contributed by atoms with E-state index in [4.69, 9.17) is 9.15 Å². The zero-order valence-corrected chi connectivity index (χ0v) is 20.9. The third kappa shape index (κ3) is 4.35. The predicted molar refractivity (Wildman–Crippen MR) is 144 cm³/mol. The molecule has 4 aromatic carbocycles. The van der Waals surface area contributed by atoms with Crippen LogP contribution in [0.2, 0.25) is 0 Å². The maximum absolute atomic E-state index is 13.7. The SMILES string of the molecule is Cc1cc2oc(-c3ccc(C(C)(C)C)cc3)c(OCc3cccc4ccccc34)c(=O)c2cc1C. The summed E-state index contributed by atoms with van der Waals surface area (Å²) in [6.45, 7) is 10.9. The predicted octanol–water partition coefficient (Wildman–Crippen LogP) is 8.11. The summed E-state index contributed by atoms with van der Waals surface area (Å²) in [6.07, 6.45) is 0. The largest absolute Gasteiger partial charge is 0.481 e. The third-order valence-corrected chi connectivity index (χ3v) is 6.73. The summed E-state index contributed by atoms with van der Waals surface area (Å²) < 4.78 is 12.7. The molecule has 0 N–H and O–H groups in total. The van der Waals surface area contributed by atoms with Crippen molar-refractivity contribution in [3.05, 3.63) is 111 Å². The van der Waals surface area contributed by atoms with Crippen molar-refractivity contribution in [2.75, 3.05) is 0 Å². The number of aryl methyl sites for hydroxylation is 2. The quantitative estimate of drug-likeness (QED) is 0.271. The molecule has 0 spiro atoms. The zero-order chi connectivity index (χ0) is 24.7. The van der Waals surface area contributed by atoms with Crippen LogP contribution in [0.5, 0.6) is 5.75 Å². The molecule has 176 valence electrons. The summed E-state index contributed by atoms with van der Waals surface area (Å²) in [4.78, 5) is 13.7. The van der Waals surface area contributed by atoms with Crippen molar-refractivity contribution in [3.8, 4) is 17.1 Å². The van der Waals surface area contributed by atoms with Gasteiger partial charge in [0.2, 0.25) is 11.2 Å². The second kappa shape index (κ2) is 8.74. The molecule has 0 saturated carbocycles. The first-order valence-corrected chi connectivity index (χ1v) is 12.0. The average Bonchev–Trinajstić information content (AvgIpc) is 2.84. The van der Waals surface area contributed by atoms with E-state index in [0.717, 1.165) is 33.0 Å². The molecule has 35 heavy (non-hydrogen) atoms. The molecule has 0 aliphatic heterocycles. The molecule has 0 aliphatic rings. The van der Waals surface area contributed by atoms with Gasteiger partial charge in [-0.1, -0.05) is 87.5 Å². The standard InChI is InChI=1S/C32H30O3/c1-20-17-27-28(18-21(20)2)35-30(23-13-15-25(16-14-23)32(3,4)5)31(29(27)33)34-19-24-11-8-10-22-9-6-7-12-26(22)24/h6-18H,19H2,1-5H3. The summed E-state index contributed by atoms with van der Waals surface area (Å²) >= 11 is 0. The van der Waals surface area contributed by atoms with Crippen LogP contribution < -0.4 is 10.2 Å². The molecule has 5 aromatic rings. The van der Waals surface area contributed by atoms with Gasteiger partial charge in [-0.05, 0) is 64.4 Å². The van der Waals surface area contributed by atoms with Crippen molar-refractivity contribution in [2.45, 2.75) is 46.6 Å². The van der Waals surface area contributed by atoms with E-state index < -0.39 is 0 Å². The molecule has 0 radical (unpaired) electrons. The maximum Gasteiger partial charge on any atom is 0.235 e. The van der Waals surface area contributed by atoms with Crippen molar-refractivity contribution in [1.82, 2.24) is 0 Å². The molecule has 0 aliphatic carbocycles. The van der Waals surface area contributed by atoms with Crippen molar-refractivity contribution < 1.29 is 9.15 Å². The Kier molecular flexibility index (Phi) is 5.72. The summed E-state index contributed by atoms with van der Waals surface area (Å²) in [7, 11) is 0. The van der Waals surface area contributed by atoms with Crippen LogP contribution in [0.4, 0.5) is 0 Å². The molecule has 1 heterocycles. The fraction of sp³-hybridized carbons (Fsp3) is 0.219. The summed E-state index contributed by atoms with van der Waals surface area (Å²) in [5.74, 6) is 0.712.